The minimum absolute atomic E-state index is 0.0172. The molecule has 5 rings (SSSR count). The number of pyridine rings is 1. The molecule has 0 unspecified atom stereocenters. The molecule has 1 aliphatic rings. The Labute approximate surface area is 243 Å². The van der Waals surface area contributed by atoms with E-state index < -0.39 is 10.0 Å². The molecule has 1 N–H and O–H groups in total. The van der Waals surface area contributed by atoms with Gasteiger partial charge >= 0.3 is 0 Å². The number of piperazine rings is 1. The SMILES string of the molecule is O=C(c1ccc(S(=O)(=O)Nc2ccccc2Oc2ccc(Cl)cc2Cl)cc1)N1CCN(Cc2ccccn2)CC1. The number of ether oxygens (including phenoxy) is 1. The molecule has 0 bridgehead atoms. The van der Waals surface area contributed by atoms with Gasteiger partial charge in [0.2, 0.25) is 0 Å². The van der Waals surface area contributed by atoms with Gasteiger partial charge in [0.1, 0.15) is 5.75 Å². The predicted molar refractivity (Wildman–Crippen MR) is 156 cm³/mol. The molecule has 4 aromatic rings. The molecule has 0 saturated carbocycles. The Hall–Kier alpha value is -3.63. The van der Waals surface area contributed by atoms with Crippen molar-refractivity contribution in [2.45, 2.75) is 11.4 Å². The van der Waals surface area contributed by atoms with E-state index in [9.17, 15) is 13.2 Å². The standard InChI is InChI=1S/C29H26Cl2N4O4S/c30-22-10-13-27(25(31)19-22)39-28-7-2-1-6-26(28)33-40(37,38)24-11-8-21(9-12-24)29(36)35-17-15-34(16-18-35)20-23-5-3-4-14-32-23/h1-14,19,33H,15-18,20H2. The molecule has 0 spiro atoms. The maximum atomic E-state index is 13.2. The molecule has 8 nitrogen and oxygen atoms in total. The summed E-state index contributed by atoms with van der Waals surface area (Å²) in [6, 6.07) is 23.1. The first kappa shape index (κ1) is 27.9. The average Bonchev–Trinajstić information content (AvgIpc) is 2.96. The van der Waals surface area contributed by atoms with Crippen LogP contribution >= 0.6 is 23.2 Å². The normalized spacial score (nSPS) is 14.1. The molecule has 0 radical (unpaired) electrons. The number of benzene rings is 3. The molecule has 0 atom stereocenters. The topological polar surface area (TPSA) is 91.8 Å². The third-order valence-corrected chi connectivity index (χ3v) is 8.34. The lowest BCUT2D eigenvalue weighted by molar-refractivity contribution is 0.0627. The Morgan fingerprint density at radius 1 is 0.875 bits per heavy atom. The van der Waals surface area contributed by atoms with Crippen LogP contribution in [0.5, 0.6) is 11.5 Å². The van der Waals surface area contributed by atoms with Crippen LogP contribution < -0.4 is 9.46 Å². The van der Waals surface area contributed by atoms with Crippen molar-refractivity contribution in [2.24, 2.45) is 0 Å². The van der Waals surface area contributed by atoms with Gasteiger partial charge in [-0.05, 0) is 66.7 Å². The van der Waals surface area contributed by atoms with Gasteiger partial charge in [0, 0.05) is 49.5 Å². The van der Waals surface area contributed by atoms with E-state index >= 15 is 0 Å². The molecule has 1 saturated heterocycles. The summed E-state index contributed by atoms with van der Waals surface area (Å²) in [7, 11) is -3.97. The number of sulfonamides is 1. The van der Waals surface area contributed by atoms with Crippen molar-refractivity contribution in [3.8, 4) is 11.5 Å². The van der Waals surface area contributed by atoms with Gasteiger partial charge in [0.25, 0.3) is 15.9 Å². The van der Waals surface area contributed by atoms with E-state index in [1.54, 1.807) is 47.5 Å². The Kier molecular flexibility index (Phi) is 8.56. The zero-order chi connectivity index (χ0) is 28.1. The minimum Gasteiger partial charge on any atom is -0.454 e. The summed E-state index contributed by atoms with van der Waals surface area (Å²) in [6.07, 6.45) is 1.78. The van der Waals surface area contributed by atoms with Gasteiger partial charge in [-0.25, -0.2) is 8.42 Å². The molecule has 1 amide bonds. The van der Waals surface area contributed by atoms with E-state index in [-0.39, 0.29) is 22.2 Å². The first-order valence-electron chi connectivity index (χ1n) is 12.5. The Balaban J connectivity index is 1.22. The zero-order valence-corrected chi connectivity index (χ0v) is 23.7. The molecule has 11 heteroatoms. The number of nitrogens with zero attached hydrogens (tertiary/aromatic N) is 3. The molecule has 0 aliphatic carbocycles. The number of carbonyl (C=O) groups excluding carboxylic acids is 1. The van der Waals surface area contributed by atoms with Crippen molar-refractivity contribution < 1.29 is 17.9 Å². The fraction of sp³-hybridized carbons (Fsp3) is 0.172. The highest BCUT2D eigenvalue weighted by Gasteiger charge is 2.23. The van der Waals surface area contributed by atoms with Crippen LogP contribution in [0.3, 0.4) is 0 Å². The number of para-hydroxylation sites is 2. The van der Waals surface area contributed by atoms with Crippen molar-refractivity contribution in [1.29, 1.82) is 0 Å². The lowest BCUT2D eigenvalue weighted by atomic mass is 10.2. The summed E-state index contributed by atoms with van der Waals surface area (Å²) >= 11 is 12.2. The summed E-state index contributed by atoms with van der Waals surface area (Å²) in [5.41, 5.74) is 1.66. The molecule has 206 valence electrons. The number of rotatable bonds is 8. The van der Waals surface area contributed by atoms with Gasteiger partial charge in [-0.2, -0.15) is 0 Å². The third kappa shape index (κ3) is 6.74. The van der Waals surface area contributed by atoms with Crippen LogP contribution in [0, 0.1) is 0 Å². The summed E-state index contributed by atoms with van der Waals surface area (Å²) < 4.78 is 34.8. The number of hydrogen-bond donors (Lipinski definition) is 1. The smallest absolute Gasteiger partial charge is 0.262 e. The van der Waals surface area contributed by atoms with E-state index in [1.807, 2.05) is 18.2 Å². The van der Waals surface area contributed by atoms with Gasteiger partial charge < -0.3 is 9.64 Å². The van der Waals surface area contributed by atoms with Gasteiger partial charge in [-0.15, -0.1) is 0 Å². The molecular formula is C29H26Cl2N4O4S. The Morgan fingerprint density at radius 2 is 1.60 bits per heavy atom. The van der Waals surface area contributed by atoms with Crippen LogP contribution in [0.25, 0.3) is 0 Å². The number of hydrogen-bond acceptors (Lipinski definition) is 6. The van der Waals surface area contributed by atoms with Crippen LogP contribution in [-0.4, -0.2) is 55.3 Å². The maximum absolute atomic E-state index is 13.2. The molecular weight excluding hydrogens is 571 g/mol. The van der Waals surface area contributed by atoms with E-state index in [0.29, 0.717) is 34.4 Å². The molecule has 1 aromatic heterocycles. The largest absolute Gasteiger partial charge is 0.454 e. The number of nitrogens with one attached hydrogen (secondary N) is 1. The van der Waals surface area contributed by atoms with Gasteiger partial charge in [-0.3, -0.25) is 19.4 Å². The van der Waals surface area contributed by atoms with Gasteiger partial charge in [0.15, 0.2) is 5.75 Å². The van der Waals surface area contributed by atoms with Crippen LogP contribution in [0.2, 0.25) is 10.0 Å². The van der Waals surface area contributed by atoms with Crippen molar-refractivity contribution in [3.05, 3.63) is 112 Å². The number of aromatic nitrogens is 1. The van der Waals surface area contributed by atoms with Gasteiger partial charge in [0.05, 0.1) is 21.3 Å². The second kappa shape index (κ2) is 12.3. The molecule has 40 heavy (non-hydrogen) atoms. The van der Waals surface area contributed by atoms with E-state index in [4.69, 9.17) is 27.9 Å². The lowest BCUT2D eigenvalue weighted by Crippen LogP contribution is -2.48. The number of halogens is 2. The van der Waals surface area contributed by atoms with E-state index in [0.717, 1.165) is 25.3 Å². The number of carbonyl (C=O) groups is 1. The fourth-order valence-corrected chi connectivity index (χ4v) is 5.83. The second-order valence-electron chi connectivity index (χ2n) is 9.19. The molecule has 1 aliphatic heterocycles. The van der Waals surface area contributed by atoms with Crippen molar-refractivity contribution >= 4 is 44.8 Å². The summed E-state index contributed by atoms with van der Waals surface area (Å²) in [5, 5.41) is 0.746. The van der Waals surface area contributed by atoms with Crippen LogP contribution in [-0.2, 0) is 16.6 Å². The van der Waals surface area contributed by atoms with Crippen LogP contribution in [0.1, 0.15) is 16.1 Å². The van der Waals surface area contributed by atoms with Crippen molar-refractivity contribution in [2.75, 3.05) is 30.9 Å². The van der Waals surface area contributed by atoms with Crippen LogP contribution in [0.4, 0.5) is 5.69 Å². The zero-order valence-electron chi connectivity index (χ0n) is 21.3. The van der Waals surface area contributed by atoms with Crippen molar-refractivity contribution in [1.82, 2.24) is 14.8 Å². The van der Waals surface area contributed by atoms with Crippen molar-refractivity contribution in [3.63, 3.8) is 0 Å². The Morgan fingerprint density at radius 3 is 2.30 bits per heavy atom. The predicted octanol–water partition coefficient (Wildman–Crippen LogP) is 5.94. The highest BCUT2D eigenvalue weighted by atomic mass is 35.5. The first-order chi connectivity index (χ1) is 19.3. The summed E-state index contributed by atoms with van der Waals surface area (Å²) in [5.74, 6) is 0.468. The molecule has 1 fully saturated rings. The lowest BCUT2D eigenvalue weighted by Gasteiger charge is -2.34. The van der Waals surface area contributed by atoms with Gasteiger partial charge in [-0.1, -0.05) is 41.4 Å². The minimum atomic E-state index is -3.97. The highest BCUT2D eigenvalue weighted by Crippen LogP contribution is 2.35. The fourth-order valence-electron chi connectivity index (χ4n) is 4.31. The van der Waals surface area contributed by atoms with E-state index in [2.05, 4.69) is 14.6 Å². The summed E-state index contributed by atoms with van der Waals surface area (Å²) in [4.78, 5) is 21.5. The average molecular weight is 598 g/mol. The second-order valence-corrected chi connectivity index (χ2v) is 11.7. The molecule has 2 heterocycles. The quantitative estimate of drug-likeness (QED) is 0.271. The third-order valence-electron chi connectivity index (χ3n) is 6.43. The Bertz CT molecular complexity index is 1590. The van der Waals surface area contributed by atoms with Crippen LogP contribution in [0.15, 0.2) is 96.0 Å². The van der Waals surface area contributed by atoms with E-state index in [1.165, 1.54) is 30.3 Å². The number of anilines is 1. The highest BCUT2D eigenvalue weighted by molar-refractivity contribution is 7.92. The molecule has 3 aromatic carbocycles. The summed E-state index contributed by atoms with van der Waals surface area (Å²) in [6.45, 7) is 3.38. The number of amides is 1. The monoisotopic (exact) mass is 596 g/mol. The first-order valence-corrected chi connectivity index (χ1v) is 14.8. The maximum Gasteiger partial charge on any atom is 0.262 e.